The van der Waals surface area contributed by atoms with Crippen LogP contribution in [0.25, 0.3) is 10.8 Å². The number of amides is 5. The van der Waals surface area contributed by atoms with Crippen molar-refractivity contribution in [1.29, 1.82) is 0 Å². The number of hydrogen-bond donors (Lipinski definition) is 11. The number of hydrogen-bond acceptors (Lipinski definition) is 12. The molecule has 0 bridgehead atoms. The number of nitrogens with zero attached hydrogens (tertiary/aromatic N) is 2. The molecule has 21 heteroatoms. The number of carbonyl (C=O) groups is 8. The van der Waals surface area contributed by atoms with Crippen LogP contribution in [0.5, 0.6) is 0 Å². The highest BCUT2D eigenvalue weighted by atomic mass is 16.4. The highest BCUT2D eigenvalue weighted by molar-refractivity contribution is 5.94. The van der Waals surface area contributed by atoms with Gasteiger partial charge in [0, 0.05) is 70.1 Å². The standard InChI is InChI=1S/C53H75N9O12/c63-46(64)21-20-44(52(72)73)60-53(74)59-43(51(70)71)9-3-4-24-56-50(69)45(32-38-14-15-39-7-1-2-8-42(39)31-38)58-49(68)41-16-10-36(11-17-41)33-57-48(67)40-18-12-37(13-19-40)34-61-27-5-22-55-26-30-62(35-47(65)66)28-6-23-54-25-29-61/h1-2,7-8,12-15,18-19,31,36,41,43-45,54-55H,3-6,9-11,16-17,20-30,32-35H2,(H,56,69)(H,57,67)(H,58,68)(H,63,64)(H,65,66)(H,70,71)(H,72,73)(H2,59,60,74)/t36?,41?,43-,44-,45-/m0/s1. The molecule has 2 fully saturated rings. The van der Waals surface area contributed by atoms with Crippen LogP contribution in [-0.2, 0) is 41.7 Å². The number of carboxylic acid groups (broad SMARTS) is 4. The maximum Gasteiger partial charge on any atom is 0.326 e. The Balaban J connectivity index is 1.06. The van der Waals surface area contributed by atoms with Gasteiger partial charge in [-0.2, -0.15) is 0 Å². The first-order valence-corrected chi connectivity index (χ1v) is 25.9. The molecule has 5 rings (SSSR count). The molecule has 21 nitrogen and oxygen atoms in total. The molecule has 1 aliphatic carbocycles. The van der Waals surface area contributed by atoms with E-state index in [9.17, 15) is 53.7 Å². The van der Waals surface area contributed by atoms with E-state index in [4.69, 9.17) is 5.11 Å². The Morgan fingerprint density at radius 2 is 1.23 bits per heavy atom. The van der Waals surface area contributed by atoms with Gasteiger partial charge in [-0.25, -0.2) is 14.4 Å². The molecule has 0 radical (unpaired) electrons. The molecule has 2 aliphatic rings. The van der Waals surface area contributed by atoms with Gasteiger partial charge < -0.3 is 57.6 Å². The van der Waals surface area contributed by atoms with Crippen molar-refractivity contribution in [2.45, 2.75) is 102 Å². The van der Waals surface area contributed by atoms with E-state index >= 15 is 0 Å². The molecule has 0 spiro atoms. The molecular weight excluding hydrogens is 955 g/mol. The molecule has 3 aromatic carbocycles. The number of nitrogens with one attached hydrogen (secondary N) is 7. The molecule has 1 saturated heterocycles. The lowest BCUT2D eigenvalue weighted by molar-refractivity contribution is -0.141. The number of carboxylic acids is 4. The lowest BCUT2D eigenvalue weighted by Gasteiger charge is -2.29. The molecule has 1 saturated carbocycles. The van der Waals surface area contributed by atoms with Crippen molar-refractivity contribution in [2.24, 2.45) is 11.8 Å². The van der Waals surface area contributed by atoms with E-state index < -0.39 is 60.4 Å². The van der Waals surface area contributed by atoms with Crippen LogP contribution in [0.4, 0.5) is 4.79 Å². The van der Waals surface area contributed by atoms with Crippen molar-refractivity contribution >= 4 is 58.4 Å². The Labute approximate surface area is 431 Å². The number of aliphatic carboxylic acids is 4. The molecular formula is C53H75N9O12. The lowest BCUT2D eigenvalue weighted by atomic mass is 9.81. The number of urea groups is 1. The average Bonchev–Trinajstić information content (AvgIpc) is 3.37. The van der Waals surface area contributed by atoms with Gasteiger partial charge in [-0.1, -0.05) is 54.6 Å². The van der Waals surface area contributed by atoms with Crippen LogP contribution in [0.2, 0.25) is 0 Å². The number of benzene rings is 3. The quantitative estimate of drug-likeness (QED) is 0.0575. The van der Waals surface area contributed by atoms with Gasteiger partial charge in [0.2, 0.25) is 11.8 Å². The molecule has 1 heterocycles. The third-order valence-electron chi connectivity index (χ3n) is 13.6. The second-order valence-electron chi connectivity index (χ2n) is 19.3. The van der Waals surface area contributed by atoms with E-state index in [-0.39, 0.29) is 62.4 Å². The Morgan fingerprint density at radius 1 is 0.608 bits per heavy atom. The molecule has 74 heavy (non-hydrogen) atoms. The highest BCUT2D eigenvalue weighted by Crippen LogP contribution is 2.29. The van der Waals surface area contributed by atoms with Crippen molar-refractivity contribution in [3.8, 4) is 0 Å². The monoisotopic (exact) mass is 1030 g/mol. The zero-order valence-corrected chi connectivity index (χ0v) is 42.2. The summed E-state index contributed by atoms with van der Waals surface area (Å²) in [7, 11) is 0. The van der Waals surface area contributed by atoms with Gasteiger partial charge >= 0.3 is 29.9 Å². The summed E-state index contributed by atoms with van der Waals surface area (Å²) in [5.74, 6) is -5.80. The van der Waals surface area contributed by atoms with Crippen LogP contribution in [0.15, 0.2) is 66.7 Å². The SMILES string of the molecule is O=C(O)CC[C@H](NC(=O)N[C@@H](CCCCNC(=O)[C@H](Cc1ccc2ccccc2c1)NC(=O)C1CCC(CNC(=O)c2ccc(CN3CCCNCCN(CC(=O)O)CCCNCC3)cc2)CC1)C(=O)O)C(=O)O. The van der Waals surface area contributed by atoms with Crippen molar-refractivity contribution in [1.82, 2.24) is 47.0 Å². The molecule has 404 valence electrons. The minimum atomic E-state index is -1.53. The number of fused-ring (bicyclic) bond motifs is 1. The lowest BCUT2D eigenvalue weighted by Crippen LogP contribution is -2.51. The Kier molecular flexibility index (Phi) is 24.5. The van der Waals surface area contributed by atoms with Crippen molar-refractivity contribution in [3.05, 3.63) is 83.4 Å². The minimum absolute atomic E-state index is 0.0402. The van der Waals surface area contributed by atoms with Gasteiger partial charge in [0.15, 0.2) is 0 Å². The van der Waals surface area contributed by atoms with Crippen molar-refractivity contribution < 1.29 is 58.8 Å². The van der Waals surface area contributed by atoms with Crippen LogP contribution >= 0.6 is 0 Å². The fraction of sp³-hybridized carbons (Fsp3) is 0.547. The summed E-state index contributed by atoms with van der Waals surface area (Å²) in [4.78, 5) is 103. The van der Waals surface area contributed by atoms with Crippen molar-refractivity contribution in [2.75, 3.05) is 72.0 Å². The molecule has 5 amide bonds. The van der Waals surface area contributed by atoms with Gasteiger partial charge in [0.25, 0.3) is 5.91 Å². The minimum Gasteiger partial charge on any atom is -0.481 e. The van der Waals surface area contributed by atoms with E-state index in [1.807, 2.05) is 71.6 Å². The predicted molar refractivity (Wildman–Crippen MR) is 276 cm³/mol. The zero-order valence-electron chi connectivity index (χ0n) is 42.2. The summed E-state index contributed by atoms with van der Waals surface area (Å²) in [5.41, 5.74) is 2.54. The second-order valence-corrected chi connectivity index (χ2v) is 19.3. The van der Waals surface area contributed by atoms with Gasteiger partial charge in [-0.05, 0) is 130 Å². The van der Waals surface area contributed by atoms with Crippen LogP contribution in [0, 0.1) is 11.8 Å². The van der Waals surface area contributed by atoms with E-state index in [2.05, 4.69) is 42.1 Å². The topological polar surface area (TPSA) is 308 Å². The summed E-state index contributed by atoms with van der Waals surface area (Å²) in [6, 6.07) is 16.5. The maximum absolute atomic E-state index is 13.8. The molecule has 1 aliphatic heterocycles. The largest absolute Gasteiger partial charge is 0.481 e. The summed E-state index contributed by atoms with van der Waals surface area (Å²) in [5, 5.41) is 59.4. The first-order chi connectivity index (χ1) is 35.6. The second kappa shape index (κ2) is 31.1. The summed E-state index contributed by atoms with van der Waals surface area (Å²) >= 11 is 0. The molecule has 0 unspecified atom stereocenters. The van der Waals surface area contributed by atoms with Crippen LogP contribution in [-0.4, -0.2) is 168 Å². The Bertz CT molecular complexity index is 2310. The Hall–Kier alpha value is -6.68. The first-order valence-electron chi connectivity index (χ1n) is 25.9. The van der Waals surface area contributed by atoms with E-state index in [1.54, 1.807) is 0 Å². The molecule has 3 atom stereocenters. The van der Waals surface area contributed by atoms with Crippen LogP contribution in [0.3, 0.4) is 0 Å². The van der Waals surface area contributed by atoms with Gasteiger partial charge in [0.1, 0.15) is 18.1 Å². The van der Waals surface area contributed by atoms with Crippen LogP contribution < -0.4 is 37.2 Å². The van der Waals surface area contributed by atoms with E-state index in [0.717, 1.165) is 99.9 Å². The number of unbranched alkanes of at least 4 members (excludes halogenated alkanes) is 1. The third-order valence-corrected chi connectivity index (χ3v) is 13.6. The molecule has 3 aromatic rings. The number of rotatable bonds is 24. The van der Waals surface area contributed by atoms with Gasteiger partial charge in [-0.3, -0.25) is 33.8 Å². The average molecular weight is 1030 g/mol. The zero-order chi connectivity index (χ0) is 53.2. The van der Waals surface area contributed by atoms with Crippen molar-refractivity contribution in [3.63, 3.8) is 0 Å². The highest BCUT2D eigenvalue weighted by Gasteiger charge is 2.31. The van der Waals surface area contributed by atoms with E-state index in [1.165, 1.54) is 0 Å². The normalized spacial score (nSPS) is 18.6. The predicted octanol–water partition coefficient (Wildman–Crippen LogP) is 2.62. The molecule has 11 N–H and O–H groups in total. The third kappa shape index (κ3) is 21.0. The van der Waals surface area contributed by atoms with Gasteiger partial charge in [0.05, 0.1) is 6.54 Å². The summed E-state index contributed by atoms with van der Waals surface area (Å²) in [6.45, 7) is 7.83. The Morgan fingerprint density at radius 3 is 1.88 bits per heavy atom. The van der Waals surface area contributed by atoms with Gasteiger partial charge in [-0.15, -0.1) is 0 Å². The van der Waals surface area contributed by atoms with E-state index in [0.29, 0.717) is 37.9 Å². The maximum atomic E-state index is 13.8. The smallest absolute Gasteiger partial charge is 0.326 e. The summed E-state index contributed by atoms with van der Waals surface area (Å²) < 4.78 is 0. The first kappa shape index (κ1) is 58.2. The summed E-state index contributed by atoms with van der Waals surface area (Å²) in [6.07, 6.45) is 4.32. The number of carbonyl (C=O) groups excluding carboxylic acids is 4. The fourth-order valence-corrected chi connectivity index (χ4v) is 9.35. The fourth-order valence-electron chi connectivity index (χ4n) is 9.35. The molecule has 0 aromatic heterocycles. The van der Waals surface area contributed by atoms with Crippen LogP contribution in [0.1, 0.15) is 92.1 Å².